The molecule has 0 aliphatic heterocycles. The van der Waals surface area contributed by atoms with E-state index in [1.54, 1.807) is 0 Å². The van der Waals surface area contributed by atoms with Crippen molar-refractivity contribution in [1.29, 1.82) is 0 Å². The Bertz CT molecular complexity index is 1320. The molecule has 0 amide bonds. The topological polar surface area (TPSA) is 141 Å². The number of aliphatic hydroxyl groups excluding tert-OH is 1. The number of anilines is 1. The van der Waals surface area contributed by atoms with Gasteiger partial charge in [-0.05, 0) is 48.7 Å². The summed E-state index contributed by atoms with van der Waals surface area (Å²) in [7, 11) is -3.65. The lowest BCUT2D eigenvalue weighted by atomic mass is 9.95. The maximum Gasteiger partial charge on any atom is 0.304 e. The highest BCUT2D eigenvalue weighted by Crippen LogP contribution is 2.32. The molecule has 0 radical (unpaired) electrons. The zero-order valence-electron chi connectivity index (χ0n) is 20.5. The van der Waals surface area contributed by atoms with E-state index in [4.69, 9.17) is 4.74 Å². The average molecular weight is 522 g/mol. The molecule has 196 valence electrons. The van der Waals surface area contributed by atoms with Gasteiger partial charge in [-0.3, -0.25) is 9.52 Å². The van der Waals surface area contributed by atoms with Gasteiger partial charge in [-0.15, -0.1) is 0 Å². The van der Waals surface area contributed by atoms with Gasteiger partial charge in [-0.25, -0.2) is 12.8 Å². The van der Waals surface area contributed by atoms with Crippen molar-refractivity contribution in [3.8, 4) is 5.75 Å². The molecule has 0 saturated heterocycles. The Balaban J connectivity index is 1.54. The van der Waals surface area contributed by atoms with Crippen LogP contribution in [0.15, 0.2) is 36.4 Å². The molecule has 5 N–H and O–H groups in total. The lowest BCUT2D eigenvalue weighted by Gasteiger charge is -2.14. The van der Waals surface area contributed by atoms with E-state index in [1.165, 1.54) is 12.1 Å². The van der Waals surface area contributed by atoms with Gasteiger partial charge in [-0.2, -0.15) is 0 Å². The van der Waals surface area contributed by atoms with E-state index in [-0.39, 0.29) is 24.6 Å². The summed E-state index contributed by atoms with van der Waals surface area (Å²) in [4.78, 5) is 14.6. The Morgan fingerprint density at radius 3 is 2.64 bits per heavy atom. The lowest BCUT2D eigenvalue weighted by Crippen LogP contribution is -2.26. The summed E-state index contributed by atoms with van der Waals surface area (Å²) < 4.78 is 44.5. The number of carboxylic acids is 1. The highest BCUT2D eigenvalue weighted by atomic mass is 32.2. The van der Waals surface area contributed by atoms with Crippen LogP contribution >= 0.6 is 0 Å². The summed E-state index contributed by atoms with van der Waals surface area (Å²) in [5, 5.41) is 23.6. The third-order valence-electron chi connectivity index (χ3n) is 5.95. The number of carboxylic acid groups (broad SMARTS) is 1. The number of aromatic nitrogens is 1. The number of aromatic amines is 1. The maximum absolute atomic E-state index is 13.8. The number of sulfonamides is 1. The van der Waals surface area contributed by atoms with Crippen LogP contribution in [0.25, 0.3) is 10.9 Å². The predicted octanol–water partition coefficient (Wildman–Crippen LogP) is 3.66. The molecule has 0 saturated carbocycles. The SMILES string of the molecule is CC[C@H](CC(=O)O)c1[nH]c2cc(OCCNCC(O)c3ccc(F)c(NS(C)(=O)=O)c3)ccc2c1C. The molecule has 2 atom stereocenters. The van der Waals surface area contributed by atoms with Crippen molar-refractivity contribution in [2.24, 2.45) is 0 Å². The number of aryl methyl sites for hydroxylation is 1. The maximum atomic E-state index is 13.8. The molecule has 9 nitrogen and oxygen atoms in total. The molecule has 2 aromatic carbocycles. The molecule has 1 aromatic heterocycles. The van der Waals surface area contributed by atoms with Gasteiger partial charge in [0, 0.05) is 41.7 Å². The zero-order chi connectivity index (χ0) is 26.5. The summed E-state index contributed by atoms with van der Waals surface area (Å²) in [5.41, 5.74) is 2.99. The van der Waals surface area contributed by atoms with Crippen LogP contribution in [0.3, 0.4) is 0 Å². The Labute approximate surface area is 209 Å². The summed E-state index contributed by atoms with van der Waals surface area (Å²) in [5.74, 6) is -0.994. The molecule has 1 heterocycles. The molecule has 3 rings (SSSR count). The van der Waals surface area contributed by atoms with Crippen molar-refractivity contribution in [2.45, 2.75) is 38.7 Å². The van der Waals surface area contributed by atoms with E-state index in [0.29, 0.717) is 30.9 Å². The van der Waals surface area contributed by atoms with Crippen LogP contribution in [-0.2, 0) is 14.8 Å². The number of H-pyrrole nitrogens is 1. The molecule has 0 bridgehead atoms. The highest BCUT2D eigenvalue weighted by molar-refractivity contribution is 7.92. The van der Waals surface area contributed by atoms with Gasteiger partial charge in [0.1, 0.15) is 18.2 Å². The number of nitrogens with one attached hydrogen (secondary N) is 3. The first kappa shape index (κ1) is 27.4. The van der Waals surface area contributed by atoms with E-state index < -0.39 is 27.9 Å². The summed E-state index contributed by atoms with van der Waals surface area (Å²) in [6.07, 6.45) is 0.735. The van der Waals surface area contributed by atoms with Crippen LogP contribution in [0.4, 0.5) is 10.1 Å². The van der Waals surface area contributed by atoms with Crippen LogP contribution in [0.5, 0.6) is 5.75 Å². The van der Waals surface area contributed by atoms with Crippen molar-refractivity contribution in [3.63, 3.8) is 0 Å². The second-order valence-electron chi connectivity index (χ2n) is 8.76. The summed E-state index contributed by atoms with van der Waals surface area (Å²) in [6, 6.07) is 9.44. The molecule has 0 aliphatic carbocycles. The largest absolute Gasteiger partial charge is 0.492 e. The lowest BCUT2D eigenvalue weighted by molar-refractivity contribution is -0.137. The first-order valence-electron chi connectivity index (χ1n) is 11.6. The normalized spacial score (nSPS) is 13.5. The van der Waals surface area contributed by atoms with Gasteiger partial charge >= 0.3 is 5.97 Å². The van der Waals surface area contributed by atoms with Crippen LogP contribution in [0, 0.1) is 12.7 Å². The highest BCUT2D eigenvalue weighted by Gasteiger charge is 2.19. The monoisotopic (exact) mass is 521 g/mol. The van der Waals surface area contributed by atoms with E-state index >= 15 is 0 Å². The number of aliphatic carboxylic acids is 1. The quantitative estimate of drug-likeness (QED) is 0.216. The number of fused-ring (bicyclic) bond motifs is 1. The Morgan fingerprint density at radius 2 is 1.97 bits per heavy atom. The van der Waals surface area contributed by atoms with Gasteiger partial charge in [-0.1, -0.05) is 13.0 Å². The smallest absolute Gasteiger partial charge is 0.304 e. The van der Waals surface area contributed by atoms with E-state index in [1.807, 2.05) is 32.0 Å². The zero-order valence-corrected chi connectivity index (χ0v) is 21.3. The molecule has 1 unspecified atom stereocenters. The van der Waals surface area contributed by atoms with Gasteiger partial charge < -0.3 is 25.3 Å². The number of ether oxygens (including phenoxy) is 1. The molecular weight excluding hydrogens is 489 g/mol. The van der Waals surface area contributed by atoms with Gasteiger partial charge in [0.15, 0.2) is 0 Å². The van der Waals surface area contributed by atoms with E-state index in [2.05, 4.69) is 15.0 Å². The molecule has 0 spiro atoms. The summed E-state index contributed by atoms with van der Waals surface area (Å²) >= 11 is 0. The first-order chi connectivity index (χ1) is 17.0. The summed E-state index contributed by atoms with van der Waals surface area (Å²) in [6.45, 7) is 4.86. The van der Waals surface area contributed by atoms with Gasteiger partial charge in [0.2, 0.25) is 10.0 Å². The Hall–Kier alpha value is -3.15. The minimum absolute atomic E-state index is 0.0679. The van der Waals surface area contributed by atoms with Crippen LogP contribution in [0.2, 0.25) is 0 Å². The number of benzene rings is 2. The van der Waals surface area contributed by atoms with Crippen molar-refractivity contribution in [2.75, 3.05) is 30.7 Å². The molecular formula is C25H32FN3O6S. The van der Waals surface area contributed by atoms with Crippen molar-refractivity contribution in [3.05, 3.63) is 59.0 Å². The fraction of sp³-hybridized carbons (Fsp3) is 0.400. The Kier molecular flexibility index (Phi) is 8.93. The van der Waals surface area contributed by atoms with Crippen LogP contribution < -0.4 is 14.8 Å². The second kappa shape index (κ2) is 11.7. The number of halogens is 1. The third-order valence-corrected chi connectivity index (χ3v) is 6.54. The average Bonchev–Trinajstić information content (AvgIpc) is 3.13. The minimum Gasteiger partial charge on any atom is -0.492 e. The minimum atomic E-state index is -3.65. The first-order valence-corrected chi connectivity index (χ1v) is 13.5. The molecule has 11 heteroatoms. The molecule has 3 aromatic rings. The van der Waals surface area contributed by atoms with Crippen molar-refractivity contribution < 1.29 is 32.6 Å². The van der Waals surface area contributed by atoms with Crippen LogP contribution in [-0.4, -0.2) is 55.5 Å². The van der Waals surface area contributed by atoms with Crippen molar-refractivity contribution >= 4 is 32.6 Å². The molecule has 0 fully saturated rings. The number of carbonyl (C=O) groups is 1. The molecule has 36 heavy (non-hydrogen) atoms. The standard InChI is InChI=1S/C25H32FN3O6S/c1-4-16(12-24(31)32)25-15(2)19-7-6-18(13-21(19)28-25)35-10-9-27-14-23(30)17-5-8-20(26)22(11-17)29-36(3,33)34/h5-8,11,13,16,23,27-30H,4,9-10,12,14H2,1-3H3,(H,31,32)/t16-,23?/m1/s1. The second-order valence-corrected chi connectivity index (χ2v) is 10.5. The number of hydrogen-bond donors (Lipinski definition) is 5. The fourth-order valence-corrected chi connectivity index (χ4v) is 4.68. The van der Waals surface area contributed by atoms with Gasteiger partial charge in [0.25, 0.3) is 0 Å². The third kappa shape index (κ3) is 7.19. The number of hydrogen-bond acceptors (Lipinski definition) is 6. The van der Waals surface area contributed by atoms with E-state index in [9.17, 15) is 27.8 Å². The number of rotatable bonds is 13. The van der Waals surface area contributed by atoms with Gasteiger partial charge in [0.05, 0.1) is 24.5 Å². The predicted molar refractivity (Wildman–Crippen MR) is 137 cm³/mol. The Morgan fingerprint density at radius 1 is 1.22 bits per heavy atom. The van der Waals surface area contributed by atoms with Crippen LogP contribution in [0.1, 0.15) is 48.6 Å². The fourth-order valence-electron chi connectivity index (χ4n) is 4.12. The van der Waals surface area contributed by atoms with E-state index in [0.717, 1.165) is 34.5 Å². The van der Waals surface area contributed by atoms with Crippen molar-refractivity contribution in [1.82, 2.24) is 10.3 Å². The number of aliphatic hydroxyl groups is 1. The molecule has 0 aliphatic rings.